The van der Waals surface area contributed by atoms with Gasteiger partial charge in [0.25, 0.3) is 0 Å². The van der Waals surface area contributed by atoms with Crippen LogP contribution in [0.1, 0.15) is 0 Å². The van der Waals surface area contributed by atoms with Crippen LogP contribution in [0.25, 0.3) is 5.78 Å². The van der Waals surface area contributed by atoms with E-state index >= 15 is 0 Å². The van der Waals surface area contributed by atoms with E-state index in [2.05, 4.69) is 19.2 Å². The molecule has 0 N–H and O–H groups in total. The molecule has 0 bridgehead atoms. The average Bonchev–Trinajstić information content (AvgIpc) is 2.34. The summed E-state index contributed by atoms with van der Waals surface area (Å²) in [4.78, 5) is 8.09. The van der Waals surface area contributed by atoms with Crippen LogP contribution >= 0.6 is 9.24 Å². The third-order valence-corrected chi connectivity index (χ3v) is 1.74. The predicted molar refractivity (Wildman–Crippen MR) is 42.3 cm³/mol. The summed E-state index contributed by atoms with van der Waals surface area (Å²) in [5, 5.41) is 0. The smallest absolute Gasteiger partial charge is 0.234 e. The maximum atomic E-state index is 4.05. The standard InChI is InChI=1S/C6H6N3P/c10-5-4-8-6-7-2-1-3-9(5)6/h1-4H,10H2. The number of hydrogen-bond acceptors (Lipinski definition) is 2. The Bertz CT molecular complexity index is 355. The predicted octanol–water partition coefficient (Wildman–Crippen LogP) is 0.230. The molecular weight excluding hydrogens is 145 g/mol. The largest absolute Gasteiger partial charge is 0.285 e. The second kappa shape index (κ2) is 2.03. The molecule has 0 saturated carbocycles. The number of hydrogen-bond donors (Lipinski definition) is 0. The molecule has 0 aliphatic rings. The first-order valence-electron chi connectivity index (χ1n) is 2.91. The molecule has 0 aliphatic heterocycles. The van der Waals surface area contributed by atoms with Gasteiger partial charge >= 0.3 is 0 Å². The van der Waals surface area contributed by atoms with Crippen LogP contribution in [0.4, 0.5) is 0 Å². The van der Waals surface area contributed by atoms with Crippen molar-refractivity contribution < 1.29 is 0 Å². The molecule has 0 spiro atoms. The van der Waals surface area contributed by atoms with Crippen LogP contribution in [0.15, 0.2) is 24.7 Å². The van der Waals surface area contributed by atoms with Crippen molar-refractivity contribution in [1.29, 1.82) is 0 Å². The highest BCUT2D eigenvalue weighted by atomic mass is 31.0. The molecule has 1 atom stereocenters. The van der Waals surface area contributed by atoms with Gasteiger partial charge < -0.3 is 0 Å². The second-order valence-corrected chi connectivity index (χ2v) is 2.56. The number of aromatic nitrogens is 3. The number of rotatable bonds is 0. The van der Waals surface area contributed by atoms with E-state index in [1.165, 1.54) is 0 Å². The lowest BCUT2D eigenvalue weighted by molar-refractivity contribution is 1.13. The van der Waals surface area contributed by atoms with E-state index in [1.54, 1.807) is 12.4 Å². The van der Waals surface area contributed by atoms with Crippen molar-refractivity contribution in [2.75, 3.05) is 0 Å². The van der Waals surface area contributed by atoms with Gasteiger partial charge in [-0.2, -0.15) is 0 Å². The van der Waals surface area contributed by atoms with E-state index in [0.717, 1.165) is 11.2 Å². The maximum Gasteiger partial charge on any atom is 0.234 e. The highest BCUT2D eigenvalue weighted by molar-refractivity contribution is 7.27. The SMILES string of the molecule is Pc1cnc2ncccn12. The first-order valence-corrected chi connectivity index (χ1v) is 3.49. The lowest BCUT2D eigenvalue weighted by atomic mass is 10.7. The normalized spacial score (nSPS) is 10.5. The summed E-state index contributed by atoms with van der Waals surface area (Å²) in [6.07, 6.45) is 5.43. The van der Waals surface area contributed by atoms with E-state index in [9.17, 15) is 0 Å². The molecule has 3 nitrogen and oxygen atoms in total. The van der Waals surface area contributed by atoms with E-state index < -0.39 is 0 Å². The molecule has 50 valence electrons. The van der Waals surface area contributed by atoms with Crippen molar-refractivity contribution in [1.82, 2.24) is 14.4 Å². The fourth-order valence-corrected chi connectivity index (χ4v) is 1.12. The number of fused-ring (bicyclic) bond motifs is 1. The van der Waals surface area contributed by atoms with E-state index in [1.807, 2.05) is 16.7 Å². The Labute approximate surface area is 60.3 Å². The molecule has 0 aromatic carbocycles. The van der Waals surface area contributed by atoms with Gasteiger partial charge in [0.05, 0.1) is 11.6 Å². The van der Waals surface area contributed by atoms with Crippen LogP contribution in [0.3, 0.4) is 0 Å². The molecule has 0 fully saturated rings. The Morgan fingerprint density at radius 1 is 1.40 bits per heavy atom. The van der Waals surface area contributed by atoms with Crippen LogP contribution in [0.2, 0.25) is 0 Å². The van der Waals surface area contributed by atoms with Crippen molar-refractivity contribution in [2.45, 2.75) is 0 Å². The maximum absolute atomic E-state index is 4.05. The summed E-state index contributed by atoms with van der Waals surface area (Å²) in [5.41, 5.74) is 1.03. The topological polar surface area (TPSA) is 30.2 Å². The molecule has 2 heterocycles. The van der Waals surface area contributed by atoms with E-state index in [4.69, 9.17) is 0 Å². The first-order chi connectivity index (χ1) is 4.88. The van der Waals surface area contributed by atoms with Gasteiger partial charge in [-0.05, 0) is 6.07 Å². The molecule has 2 aromatic rings. The summed E-state index contributed by atoms with van der Waals surface area (Å²) in [6, 6.07) is 1.88. The van der Waals surface area contributed by atoms with Crippen LogP contribution in [-0.4, -0.2) is 14.4 Å². The van der Waals surface area contributed by atoms with Crippen molar-refractivity contribution in [2.24, 2.45) is 0 Å². The Morgan fingerprint density at radius 2 is 2.30 bits per heavy atom. The number of nitrogens with zero attached hydrogens (tertiary/aromatic N) is 3. The zero-order chi connectivity index (χ0) is 6.97. The summed E-state index contributed by atoms with van der Waals surface area (Å²) < 4.78 is 1.91. The molecule has 2 aromatic heterocycles. The molecule has 0 radical (unpaired) electrons. The molecule has 1 unspecified atom stereocenters. The van der Waals surface area contributed by atoms with Gasteiger partial charge in [-0.25, -0.2) is 9.97 Å². The third-order valence-electron chi connectivity index (χ3n) is 1.32. The molecule has 4 heteroatoms. The average molecular weight is 151 g/mol. The monoisotopic (exact) mass is 151 g/mol. The van der Waals surface area contributed by atoms with Crippen molar-refractivity contribution >= 4 is 20.5 Å². The Hall–Kier alpha value is -0.950. The summed E-state index contributed by atoms with van der Waals surface area (Å²) in [7, 11) is 2.59. The third kappa shape index (κ3) is 0.711. The van der Waals surface area contributed by atoms with Gasteiger partial charge in [0.2, 0.25) is 5.78 Å². The van der Waals surface area contributed by atoms with Crippen LogP contribution in [-0.2, 0) is 0 Å². The molecular formula is C6H6N3P. The zero-order valence-corrected chi connectivity index (χ0v) is 6.38. The number of imidazole rings is 1. The minimum atomic E-state index is 0.743. The quantitative estimate of drug-likeness (QED) is 0.504. The van der Waals surface area contributed by atoms with Gasteiger partial charge in [0, 0.05) is 12.4 Å². The molecule has 2 rings (SSSR count). The van der Waals surface area contributed by atoms with Gasteiger partial charge in [-0.1, -0.05) is 9.24 Å². The molecule has 0 aliphatic carbocycles. The van der Waals surface area contributed by atoms with Gasteiger partial charge in [0.15, 0.2) is 0 Å². The van der Waals surface area contributed by atoms with Crippen LogP contribution in [0.5, 0.6) is 0 Å². The fraction of sp³-hybridized carbons (Fsp3) is 0. The lowest BCUT2D eigenvalue weighted by Crippen LogP contribution is -1.98. The summed E-state index contributed by atoms with van der Waals surface area (Å²) >= 11 is 0. The zero-order valence-electron chi connectivity index (χ0n) is 5.23. The van der Waals surface area contributed by atoms with Crippen LogP contribution in [0, 0.1) is 0 Å². The van der Waals surface area contributed by atoms with E-state index in [0.29, 0.717) is 0 Å². The molecule has 0 saturated heterocycles. The highest BCUT2D eigenvalue weighted by Crippen LogP contribution is 1.94. The van der Waals surface area contributed by atoms with Crippen molar-refractivity contribution in [3.63, 3.8) is 0 Å². The molecule has 0 amide bonds. The van der Waals surface area contributed by atoms with Gasteiger partial charge in [-0.3, -0.25) is 4.40 Å². The summed E-state index contributed by atoms with van der Waals surface area (Å²) in [6.45, 7) is 0. The molecule has 10 heavy (non-hydrogen) atoms. The minimum absolute atomic E-state index is 0.743. The van der Waals surface area contributed by atoms with Crippen molar-refractivity contribution in [3.8, 4) is 0 Å². The second-order valence-electron chi connectivity index (χ2n) is 1.97. The highest BCUT2D eigenvalue weighted by Gasteiger charge is 1.94. The van der Waals surface area contributed by atoms with Gasteiger partial charge in [-0.15, -0.1) is 0 Å². The first kappa shape index (κ1) is 5.81. The van der Waals surface area contributed by atoms with Crippen LogP contribution < -0.4 is 5.44 Å². The lowest BCUT2D eigenvalue weighted by Gasteiger charge is -1.90. The summed E-state index contributed by atoms with van der Waals surface area (Å²) in [5.74, 6) is 0.743. The Morgan fingerprint density at radius 3 is 3.10 bits per heavy atom. The van der Waals surface area contributed by atoms with Gasteiger partial charge in [0.1, 0.15) is 0 Å². The van der Waals surface area contributed by atoms with E-state index in [-0.39, 0.29) is 0 Å². The van der Waals surface area contributed by atoms with Crippen molar-refractivity contribution in [3.05, 3.63) is 24.7 Å². The fourth-order valence-electron chi connectivity index (χ4n) is 0.846. The Balaban J connectivity index is 2.93. The minimum Gasteiger partial charge on any atom is -0.285 e. The Kier molecular flexibility index (Phi) is 1.18.